The third-order valence-electron chi connectivity index (χ3n) is 2.51. The Morgan fingerprint density at radius 2 is 2.00 bits per heavy atom. The van der Waals surface area contributed by atoms with Crippen LogP contribution in [0.1, 0.15) is 0 Å². The quantitative estimate of drug-likeness (QED) is 0.658. The molecule has 0 saturated heterocycles. The van der Waals surface area contributed by atoms with Gasteiger partial charge in [-0.05, 0) is 12.1 Å². The Kier molecular flexibility index (Phi) is 2.19. The van der Waals surface area contributed by atoms with E-state index < -0.39 is 0 Å². The predicted molar refractivity (Wildman–Crippen MR) is 64.7 cm³/mol. The maximum absolute atomic E-state index is 11.9. The number of para-hydroxylation sites is 1. The van der Waals surface area contributed by atoms with Crippen LogP contribution >= 0.6 is 11.3 Å². The first kappa shape index (κ1) is 10.0. The van der Waals surface area contributed by atoms with Gasteiger partial charge in [-0.3, -0.25) is 0 Å². The van der Waals surface area contributed by atoms with E-state index in [0.717, 1.165) is 5.69 Å². The van der Waals surface area contributed by atoms with E-state index in [1.807, 2.05) is 35.7 Å². The lowest BCUT2D eigenvalue weighted by atomic mass is 10.3. The van der Waals surface area contributed by atoms with E-state index in [2.05, 4.69) is 0 Å². The van der Waals surface area contributed by atoms with Crippen molar-refractivity contribution >= 4 is 16.3 Å². The fraction of sp³-hybridized carbons (Fsp3) is 0. The van der Waals surface area contributed by atoms with E-state index in [1.54, 1.807) is 15.2 Å². The van der Waals surface area contributed by atoms with Gasteiger partial charge in [0.1, 0.15) is 18.0 Å². The summed E-state index contributed by atoms with van der Waals surface area (Å²) in [5, 5.41) is 11.5. The van der Waals surface area contributed by atoms with Crippen molar-refractivity contribution in [2.75, 3.05) is 0 Å². The fourth-order valence-electron chi connectivity index (χ4n) is 1.76. The maximum Gasteiger partial charge on any atom is 0.356 e. The van der Waals surface area contributed by atoms with Crippen molar-refractivity contribution in [1.29, 1.82) is 0 Å². The maximum atomic E-state index is 11.9. The van der Waals surface area contributed by atoms with Gasteiger partial charge in [-0.15, -0.1) is 4.57 Å². The van der Waals surface area contributed by atoms with Gasteiger partial charge in [-0.1, -0.05) is 29.5 Å². The molecule has 0 aliphatic carbocycles. The number of aromatic hydroxyl groups is 1. The number of thiazole rings is 1. The van der Waals surface area contributed by atoms with Crippen LogP contribution in [0.25, 0.3) is 10.6 Å². The smallest absolute Gasteiger partial charge is 0.356 e. The molecule has 0 aliphatic rings. The van der Waals surface area contributed by atoms with Crippen LogP contribution in [0.15, 0.2) is 52.8 Å². The minimum absolute atomic E-state index is 0.0431. The van der Waals surface area contributed by atoms with Gasteiger partial charge < -0.3 is 5.11 Å². The standard InChI is InChI=1S/C12H8N2O2S/c15-10-8-11(16)14(9-4-2-1-3-5-9)12-13(10)6-7-17-12/h1-8H/p+1. The summed E-state index contributed by atoms with van der Waals surface area (Å²) in [5.74, 6) is -0.0431. The van der Waals surface area contributed by atoms with Crippen molar-refractivity contribution in [2.45, 2.75) is 0 Å². The van der Waals surface area contributed by atoms with Crippen LogP contribution in [0.5, 0.6) is 5.88 Å². The summed E-state index contributed by atoms with van der Waals surface area (Å²) in [7, 11) is 0. The van der Waals surface area contributed by atoms with Crippen LogP contribution < -0.4 is 9.96 Å². The Morgan fingerprint density at radius 3 is 2.76 bits per heavy atom. The Balaban J connectivity index is 2.45. The monoisotopic (exact) mass is 245 g/mol. The van der Waals surface area contributed by atoms with Crippen LogP contribution in [-0.2, 0) is 0 Å². The highest BCUT2D eigenvalue weighted by molar-refractivity contribution is 7.14. The van der Waals surface area contributed by atoms with Gasteiger partial charge in [0, 0.05) is 5.38 Å². The van der Waals surface area contributed by atoms with Crippen molar-refractivity contribution in [1.82, 2.24) is 4.57 Å². The number of nitrogens with zero attached hydrogens (tertiary/aromatic N) is 2. The molecule has 1 aromatic carbocycles. The van der Waals surface area contributed by atoms with Crippen molar-refractivity contribution in [3.63, 3.8) is 0 Å². The number of aromatic nitrogens is 2. The molecule has 0 amide bonds. The summed E-state index contributed by atoms with van der Waals surface area (Å²) in [6.07, 6.45) is 1.73. The second kappa shape index (κ2) is 3.71. The van der Waals surface area contributed by atoms with Gasteiger partial charge in [0.25, 0.3) is 5.88 Å². The zero-order chi connectivity index (χ0) is 11.8. The lowest BCUT2D eigenvalue weighted by Crippen LogP contribution is -2.30. The number of rotatable bonds is 1. The Morgan fingerprint density at radius 1 is 1.24 bits per heavy atom. The average molecular weight is 245 g/mol. The van der Waals surface area contributed by atoms with E-state index in [9.17, 15) is 9.90 Å². The molecule has 0 aliphatic heterocycles. The molecule has 17 heavy (non-hydrogen) atoms. The first-order valence-corrected chi connectivity index (χ1v) is 5.94. The largest absolute Gasteiger partial charge is 0.477 e. The molecular formula is C12H9N2O2S+. The van der Waals surface area contributed by atoms with Crippen LogP contribution in [0.2, 0.25) is 0 Å². The molecule has 0 radical (unpaired) electrons. The topological polar surface area (TPSA) is 46.3 Å². The van der Waals surface area contributed by atoms with Gasteiger partial charge in [-0.25, -0.2) is 4.79 Å². The summed E-state index contributed by atoms with van der Waals surface area (Å²) >= 11 is 1.40. The molecule has 5 heteroatoms. The molecule has 4 nitrogen and oxygen atoms in total. The van der Waals surface area contributed by atoms with E-state index >= 15 is 0 Å². The molecule has 0 saturated carbocycles. The first-order chi connectivity index (χ1) is 8.27. The van der Waals surface area contributed by atoms with Crippen molar-refractivity contribution in [3.05, 3.63) is 58.3 Å². The highest BCUT2D eigenvalue weighted by Gasteiger charge is 2.18. The minimum Gasteiger partial charge on any atom is -0.477 e. The Hall–Kier alpha value is -2.14. The van der Waals surface area contributed by atoms with E-state index in [4.69, 9.17) is 0 Å². The Labute approximate surface area is 101 Å². The molecule has 1 N–H and O–H groups in total. The molecule has 2 heterocycles. The number of hydrogen-bond donors (Lipinski definition) is 1. The van der Waals surface area contributed by atoms with Crippen molar-refractivity contribution in [2.24, 2.45) is 0 Å². The van der Waals surface area contributed by atoms with Crippen molar-refractivity contribution in [3.8, 4) is 11.6 Å². The molecule has 0 unspecified atom stereocenters. The molecule has 0 spiro atoms. The summed E-state index contributed by atoms with van der Waals surface area (Å²) < 4.78 is 3.16. The number of fused-ring (bicyclic) bond motifs is 1. The molecule has 0 fully saturated rings. The van der Waals surface area contributed by atoms with Gasteiger partial charge in [-0.2, -0.15) is 4.40 Å². The minimum atomic E-state index is -0.240. The average Bonchev–Trinajstić information content (AvgIpc) is 2.79. The van der Waals surface area contributed by atoms with Gasteiger partial charge in [0.15, 0.2) is 0 Å². The zero-order valence-corrected chi connectivity index (χ0v) is 9.59. The number of hydrogen-bond acceptors (Lipinski definition) is 3. The molecular weight excluding hydrogens is 236 g/mol. The van der Waals surface area contributed by atoms with E-state index in [-0.39, 0.29) is 11.4 Å². The lowest BCUT2D eigenvalue weighted by molar-refractivity contribution is -0.521. The third kappa shape index (κ3) is 1.52. The molecule has 2 aromatic heterocycles. The second-order valence-corrected chi connectivity index (χ2v) is 4.44. The molecule has 3 aromatic rings. The summed E-state index contributed by atoms with van der Waals surface area (Å²) in [4.78, 5) is 12.6. The van der Waals surface area contributed by atoms with Crippen LogP contribution in [-0.4, -0.2) is 9.67 Å². The second-order valence-electron chi connectivity index (χ2n) is 3.57. The SMILES string of the molecule is O=c1cc(O)[n+]2ccsc2n1-c1ccccc1. The summed E-state index contributed by atoms with van der Waals surface area (Å²) in [5.41, 5.74) is 0.550. The molecule has 84 valence electrons. The van der Waals surface area contributed by atoms with E-state index in [0.29, 0.717) is 4.96 Å². The number of benzene rings is 1. The van der Waals surface area contributed by atoms with Crippen LogP contribution in [0.4, 0.5) is 0 Å². The molecule has 0 atom stereocenters. The molecule has 0 bridgehead atoms. The summed E-state index contributed by atoms with van der Waals surface area (Å²) in [6, 6.07) is 10.6. The van der Waals surface area contributed by atoms with Gasteiger partial charge >= 0.3 is 10.5 Å². The van der Waals surface area contributed by atoms with Crippen LogP contribution in [0, 0.1) is 0 Å². The molecule has 3 rings (SSSR count). The zero-order valence-electron chi connectivity index (χ0n) is 8.78. The van der Waals surface area contributed by atoms with Crippen LogP contribution in [0.3, 0.4) is 0 Å². The highest BCUT2D eigenvalue weighted by atomic mass is 32.1. The fourth-order valence-corrected chi connectivity index (χ4v) is 2.63. The lowest BCUT2D eigenvalue weighted by Gasteiger charge is -1.99. The Bertz CT molecular complexity index is 731. The van der Waals surface area contributed by atoms with Gasteiger partial charge in [0.05, 0.1) is 0 Å². The normalized spacial score (nSPS) is 10.8. The van der Waals surface area contributed by atoms with E-state index in [1.165, 1.54) is 17.4 Å². The highest BCUT2D eigenvalue weighted by Crippen LogP contribution is 2.13. The van der Waals surface area contributed by atoms with Crippen molar-refractivity contribution < 1.29 is 9.51 Å². The van der Waals surface area contributed by atoms with Gasteiger partial charge in [0.2, 0.25) is 0 Å². The summed E-state index contributed by atoms with van der Waals surface area (Å²) in [6.45, 7) is 0. The third-order valence-corrected chi connectivity index (χ3v) is 3.36. The predicted octanol–water partition coefficient (Wildman–Crippen LogP) is 1.34. The first-order valence-electron chi connectivity index (χ1n) is 5.07.